The molecule has 0 amide bonds. The Labute approximate surface area is 105 Å². The molecule has 0 aliphatic carbocycles. The van der Waals surface area contributed by atoms with E-state index >= 15 is 0 Å². The Balaban J connectivity index is 3.77. The number of ether oxygens (including phenoxy) is 2. The van der Waals surface area contributed by atoms with E-state index in [-0.39, 0.29) is 26.4 Å². The van der Waals surface area contributed by atoms with Crippen molar-refractivity contribution in [3.63, 3.8) is 0 Å². The third-order valence-electron chi connectivity index (χ3n) is 1.54. The van der Waals surface area contributed by atoms with Gasteiger partial charge in [-0.3, -0.25) is 0 Å². The molecule has 100 valence electrons. The zero-order valence-corrected chi connectivity index (χ0v) is 9.82. The van der Waals surface area contributed by atoms with Crippen molar-refractivity contribution in [1.82, 2.24) is 0 Å². The van der Waals surface area contributed by atoms with Gasteiger partial charge in [-0.05, 0) is 12.2 Å². The summed E-state index contributed by atoms with van der Waals surface area (Å²) < 4.78 is 9.32. The maximum atomic E-state index is 11.0. The van der Waals surface area contributed by atoms with Gasteiger partial charge in [-0.1, -0.05) is 12.2 Å². The topological polar surface area (TPSA) is 93.1 Å². The zero-order valence-electron chi connectivity index (χ0n) is 9.82. The molecule has 0 aliphatic heterocycles. The molecule has 0 radical (unpaired) electrons. The average Bonchev–Trinajstić information content (AvgIpc) is 2.37. The molecule has 18 heavy (non-hydrogen) atoms. The lowest BCUT2D eigenvalue weighted by Crippen LogP contribution is -2.04. The second kappa shape index (κ2) is 11.6. The number of esters is 2. The number of carbonyl (C=O) groups excluding carboxylic acids is 2. The van der Waals surface area contributed by atoms with E-state index in [0.29, 0.717) is 0 Å². The minimum atomic E-state index is -0.680. The van der Waals surface area contributed by atoms with Crippen molar-refractivity contribution in [1.29, 1.82) is 0 Å². The van der Waals surface area contributed by atoms with Gasteiger partial charge in [-0.2, -0.15) is 0 Å². The molecule has 0 aliphatic rings. The van der Waals surface area contributed by atoms with E-state index < -0.39 is 11.9 Å². The Bertz CT molecular complexity index is 297. The van der Waals surface area contributed by atoms with Crippen LogP contribution >= 0.6 is 0 Å². The molecule has 0 aromatic heterocycles. The Hall–Kier alpha value is -1.92. The molecule has 0 bridgehead atoms. The molecule has 6 nitrogen and oxygen atoms in total. The summed E-state index contributed by atoms with van der Waals surface area (Å²) in [6, 6.07) is 0. The molecule has 0 heterocycles. The number of hydrogen-bond acceptors (Lipinski definition) is 6. The number of aliphatic hydroxyl groups is 2. The first-order chi connectivity index (χ1) is 8.70. The maximum Gasteiger partial charge on any atom is 0.331 e. The highest BCUT2D eigenvalue weighted by Crippen LogP contribution is 1.87. The standard InChI is InChI=1S/C12H16O6/c13-7-1-3-9-17-11(15)5-6-12(16)18-10-4-2-8-14/h1-6,13-14H,7-10H2. The van der Waals surface area contributed by atoms with Gasteiger partial charge in [-0.15, -0.1) is 0 Å². The molecule has 0 saturated heterocycles. The summed E-state index contributed by atoms with van der Waals surface area (Å²) in [7, 11) is 0. The Morgan fingerprint density at radius 3 is 1.50 bits per heavy atom. The Kier molecular flexibility index (Phi) is 10.3. The van der Waals surface area contributed by atoms with Crippen LogP contribution in [0.5, 0.6) is 0 Å². The van der Waals surface area contributed by atoms with Crippen LogP contribution in [0.1, 0.15) is 0 Å². The Morgan fingerprint density at radius 1 is 0.778 bits per heavy atom. The van der Waals surface area contributed by atoms with Crippen molar-refractivity contribution < 1.29 is 29.3 Å². The highest BCUT2D eigenvalue weighted by molar-refractivity contribution is 5.91. The van der Waals surface area contributed by atoms with Crippen molar-refractivity contribution in [2.45, 2.75) is 0 Å². The molecule has 0 aromatic carbocycles. The third kappa shape index (κ3) is 10.6. The second-order valence-corrected chi connectivity index (χ2v) is 2.90. The van der Waals surface area contributed by atoms with E-state index in [4.69, 9.17) is 10.2 Å². The van der Waals surface area contributed by atoms with Crippen LogP contribution < -0.4 is 0 Å². The van der Waals surface area contributed by atoms with Crippen molar-refractivity contribution in [2.75, 3.05) is 26.4 Å². The van der Waals surface area contributed by atoms with Crippen LogP contribution in [0.3, 0.4) is 0 Å². The van der Waals surface area contributed by atoms with Gasteiger partial charge in [0.05, 0.1) is 13.2 Å². The van der Waals surface area contributed by atoms with Crippen LogP contribution in [0.4, 0.5) is 0 Å². The normalized spacial score (nSPS) is 11.4. The minimum absolute atomic E-state index is 0.0258. The molecular weight excluding hydrogens is 240 g/mol. The lowest BCUT2D eigenvalue weighted by atomic mass is 10.5. The summed E-state index contributed by atoms with van der Waals surface area (Å²) in [6.45, 7) is -0.196. The van der Waals surface area contributed by atoms with Crippen molar-refractivity contribution >= 4 is 11.9 Å². The molecule has 0 spiro atoms. The van der Waals surface area contributed by atoms with E-state index in [2.05, 4.69) is 9.47 Å². The highest BCUT2D eigenvalue weighted by atomic mass is 16.5. The number of aliphatic hydroxyl groups excluding tert-OH is 2. The SMILES string of the molecule is O=C(C=CC(=O)OCC=CCO)OCC=CCO. The van der Waals surface area contributed by atoms with Crippen molar-refractivity contribution in [2.24, 2.45) is 0 Å². The molecule has 0 atom stereocenters. The molecule has 0 rings (SSSR count). The summed E-state index contributed by atoms with van der Waals surface area (Å²) in [4.78, 5) is 22.1. The summed E-state index contributed by atoms with van der Waals surface area (Å²) in [5.41, 5.74) is 0. The van der Waals surface area contributed by atoms with Gasteiger partial charge < -0.3 is 19.7 Å². The van der Waals surface area contributed by atoms with Gasteiger partial charge in [0.2, 0.25) is 0 Å². The lowest BCUT2D eigenvalue weighted by Gasteiger charge is -1.97. The predicted octanol–water partition coefficient (Wildman–Crippen LogP) is -0.274. The van der Waals surface area contributed by atoms with Gasteiger partial charge in [0, 0.05) is 12.2 Å². The average molecular weight is 256 g/mol. The molecule has 0 unspecified atom stereocenters. The van der Waals surface area contributed by atoms with Crippen molar-refractivity contribution in [3.8, 4) is 0 Å². The molecule has 0 aromatic rings. The van der Waals surface area contributed by atoms with Gasteiger partial charge in [0.1, 0.15) is 13.2 Å². The second-order valence-electron chi connectivity index (χ2n) is 2.90. The van der Waals surface area contributed by atoms with E-state index in [1.165, 1.54) is 24.3 Å². The number of rotatable bonds is 8. The summed E-state index contributed by atoms with van der Waals surface area (Å²) in [5.74, 6) is -1.36. The van der Waals surface area contributed by atoms with E-state index in [1.54, 1.807) is 0 Å². The largest absolute Gasteiger partial charge is 0.458 e. The van der Waals surface area contributed by atoms with Gasteiger partial charge in [-0.25, -0.2) is 9.59 Å². The smallest absolute Gasteiger partial charge is 0.331 e. The maximum absolute atomic E-state index is 11.0. The highest BCUT2D eigenvalue weighted by Gasteiger charge is 1.98. The fraction of sp³-hybridized carbons (Fsp3) is 0.333. The first-order valence-corrected chi connectivity index (χ1v) is 5.24. The van der Waals surface area contributed by atoms with Crippen LogP contribution in [0.2, 0.25) is 0 Å². The zero-order chi connectivity index (χ0) is 13.6. The van der Waals surface area contributed by atoms with E-state index in [0.717, 1.165) is 12.2 Å². The molecule has 0 fully saturated rings. The molecule has 6 heteroatoms. The fourth-order valence-corrected chi connectivity index (χ4v) is 0.778. The quantitative estimate of drug-likeness (QED) is 0.352. The predicted molar refractivity (Wildman–Crippen MR) is 63.5 cm³/mol. The lowest BCUT2D eigenvalue weighted by molar-refractivity contribution is -0.139. The summed E-state index contributed by atoms with van der Waals surface area (Å²) in [5, 5.41) is 16.8. The van der Waals surface area contributed by atoms with E-state index in [9.17, 15) is 9.59 Å². The summed E-state index contributed by atoms with van der Waals surface area (Å²) in [6.07, 6.45) is 7.71. The van der Waals surface area contributed by atoms with Crippen LogP contribution in [0.15, 0.2) is 36.5 Å². The number of carbonyl (C=O) groups is 2. The van der Waals surface area contributed by atoms with Gasteiger partial charge in [0.15, 0.2) is 0 Å². The molecular formula is C12H16O6. The van der Waals surface area contributed by atoms with Crippen LogP contribution in [-0.4, -0.2) is 48.6 Å². The number of hydrogen-bond donors (Lipinski definition) is 2. The molecule has 0 saturated carbocycles. The monoisotopic (exact) mass is 256 g/mol. The van der Waals surface area contributed by atoms with Gasteiger partial charge >= 0.3 is 11.9 Å². The van der Waals surface area contributed by atoms with Crippen molar-refractivity contribution in [3.05, 3.63) is 36.5 Å². The third-order valence-corrected chi connectivity index (χ3v) is 1.54. The fourth-order valence-electron chi connectivity index (χ4n) is 0.778. The summed E-state index contributed by atoms with van der Waals surface area (Å²) >= 11 is 0. The van der Waals surface area contributed by atoms with Crippen LogP contribution in [-0.2, 0) is 19.1 Å². The van der Waals surface area contributed by atoms with E-state index in [1.807, 2.05) is 0 Å². The minimum Gasteiger partial charge on any atom is -0.458 e. The van der Waals surface area contributed by atoms with Gasteiger partial charge in [0.25, 0.3) is 0 Å². The first-order valence-electron chi connectivity index (χ1n) is 5.24. The first kappa shape index (κ1) is 16.1. The Morgan fingerprint density at radius 2 is 1.17 bits per heavy atom. The molecule has 2 N–H and O–H groups in total. The van der Waals surface area contributed by atoms with Crippen LogP contribution in [0.25, 0.3) is 0 Å². The van der Waals surface area contributed by atoms with Crippen LogP contribution in [0, 0.1) is 0 Å².